The SMILES string of the molecule is Cc1nn(C)c2nc(-c3ccccc3)cc(C(=O)Nc3c(C(=O)N4CCOCC4)oc4ccccc34)c12. The zero-order valence-corrected chi connectivity index (χ0v) is 20.5. The van der Waals surface area contributed by atoms with Crippen molar-refractivity contribution in [3.8, 4) is 11.3 Å². The number of rotatable bonds is 4. The molecule has 1 N–H and O–H groups in total. The van der Waals surface area contributed by atoms with Crippen LogP contribution in [0.2, 0.25) is 0 Å². The maximum atomic E-state index is 13.9. The molecule has 9 nitrogen and oxygen atoms in total. The zero-order chi connectivity index (χ0) is 25.5. The highest BCUT2D eigenvalue weighted by Gasteiger charge is 2.29. The average molecular weight is 496 g/mol. The van der Waals surface area contributed by atoms with Crippen LogP contribution in [0.15, 0.2) is 65.1 Å². The van der Waals surface area contributed by atoms with Crippen molar-refractivity contribution in [1.82, 2.24) is 19.7 Å². The van der Waals surface area contributed by atoms with Crippen LogP contribution in [0.25, 0.3) is 33.3 Å². The summed E-state index contributed by atoms with van der Waals surface area (Å²) in [5.74, 6) is -0.548. The van der Waals surface area contributed by atoms with E-state index in [2.05, 4.69) is 10.4 Å². The van der Waals surface area contributed by atoms with Crippen LogP contribution in [-0.2, 0) is 11.8 Å². The molecule has 2 amide bonds. The van der Waals surface area contributed by atoms with Gasteiger partial charge in [-0.15, -0.1) is 0 Å². The number of carbonyl (C=O) groups is 2. The van der Waals surface area contributed by atoms with E-state index in [4.69, 9.17) is 14.1 Å². The van der Waals surface area contributed by atoms with Crippen LogP contribution >= 0.6 is 0 Å². The number of fused-ring (bicyclic) bond motifs is 2. The van der Waals surface area contributed by atoms with Crippen molar-refractivity contribution in [3.05, 3.63) is 77.7 Å². The van der Waals surface area contributed by atoms with Crippen LogP contribution in [0.5, 0.6) is 0 Å². The third kappa shape index (κ3) is 4.03. The monoisotopic (exact) mass is 495 g/mol. The van der Waals surface area contributed by atoms with Crippen LogP contribution in [0.3, 0.4) is 0 Å². The van der Waals surface area contributed by atoms with E-state index in [-0.39, 0.29) is 17.6 Å². The van der Waals surface area contributed by atoms with Gasteiger partial charge in [-0.25, -0.2) is 4.98 Å². The third-order valence-corrected chi connectivity index (χ3v) is 6.61. The van der Waals surface area contributed by atoms with Crippen molar-refractivity contribution in [2.75, 3.05) is 31.6 Å². The van der Waals surface area contributed by atoms with Gasteiger partial charge in [-0.3, -0.25) is 14.3 Å². The van der Waals surface area contributed by atoms with Gasteiger partial charge < -0.3 is 19.4 Å². The minimum Gasteiger partial charge on any atom is -0.449 e. The summed E-state index contributed by atoms with van der Waals surface area (Å²) in [6.07, 6.45) is 0. The number of amides is 2. The first-order chi connectivity index (χ1) is 18.0. The molecule has 186 valence electrons. The van der Waals surface area contributed by atoms with Crippen molar-refractivity contribution in [3.63, 3.8) is 0 Å². The number of anilines is 1. The second-order valence-corrected chi connectivity index (χ2v) is 8.99. The van der Waals surface area contributed by atoms with Crippen molar-refractivity contribution in [1.29, 1.82) is 0 Å². The van der Waals surface area contributed by atoms with Crippen molar-refractivity contribution in [2.45, 2.75) is 6.92 Å². The topological polar surface area (TPSA) is 102 Å². The number of aromatic nitrogens is 3. The van der Waals surface area contributed by atoms with E-state index < -0.39 is 0 Å². The number of furan rings is 1. The van der Waals surface area contributed by atoms with E-state index >= 15 is 0 Å². The lowest BCUT2D eigenvalue weighted by atomic mass is 10.0. The van der Waals surface area contributed by atoms with Gasteiger partial charge in [0, 0.05) is 31.1 Å². The minimum absolute atomic E-state index is 0.105. The van der Waals surface area contributed by atoms with Crippen LogP contribution < -0.4 is 5.32 Å². The van der Waals surface area contributed by atoms with Gasteiger partial charge >= 0.3 is 0 Å². The number of hydrogen-bond acceptors (Lipinski definition) is 6. The minimum atomic E-state index is -0.372. The van der Waals surface area contributed by atoms with Crippen molar-refractivity contribution < 1.29 is 18.7 Å². The highest BCUT2D eigenvalue weighted by molar-refractivity contribution is 6.18. The Hall–Kier alpha value is -4.50. The first kappa shape index (κ1) is 22.9. The van der Waals surface area contributed by atoms with E-state index in [1.807, 2.05) is 62.5 Å². The predicted octanol–water partition coefficient (Wildman–Crippen LogP) is 4.41. The van der Waals surface area contributed by atoms with Gasteiger partial charge in [-0.1, -0.05) is 42.5 Å². The Morgan fingerprint density at radius 3 is 2.51 bits per heavy atom. The molecule has 0 aliphatic carbocycles. The number of morpholine rings is 1. The largest absolute Gasteiger partial charge is 0.449 e. The number of carbonyl (C=O) groups excluding carboxylic acids is 2. The lowest BCUT2D eigenvalue weighted by molar-refractivity contribution is 0.0285. The Labute approximate surface area is 212 Å². The summed E-state index contributed by atoms with van der Waals surface area (Å²) in [6.45, 7) is 3.70. The molecule has 37 heavy (non-hydrogen) atoms. The Kier molecular flexibility index (Phi) is 5.69. The molecular weight excluding hydrogens is 470 g/mol. The summed E-state index contributed by atoms with van der Waals surface area (Å²) in [5.41, 5.74) is 4.13. The van der Waals surface area contributed by atoms with E-state index in [1.54, 1.807) is 21.7 Å². The maximum Gasteiger partial charge on any atom is 0.291 e. The Balaban J connectivity index is 1.46. The molecule has 0 bridgehead atoms. The number of aryl methyl sites for hydroxylation is 2. The second-order valence-electron chi connectivity index (χ2n) is 8.99. The molecule has 4 heterocycles. The Bertz CT molecular complexity index is 1650. The number of benzene rings is 2. The highest BCUT2D eigenvalue weighted by atomic mass is 16.5. The number of hydrogen-bond donors (Lipinski definition) is 1. The molecule has 6 rings (SSSR count). The number of para-hydroxylation sites is 1. The predicted molar refractivity (Wildman–Crippen MR) is 140 cm³/mol. The molecule has 1 aliphatic heterocycles. The molecule has 1 saturated heterocycles. The van der Waals surface area contributed by atoms with Gasteiger partial charge in [-0.2, -0.15) is 5.10 Å². The fraction of sp³-hybridized carbons (Fsp3) is 0.214. The number of ether oxygens (including phenoxy) is 1. The maximum absolute atomic E-state index is 13.9. The first-order valence-corrected chi connectivity index (χ1v) is 12.1. The number of nitrogens with zero attached hydrogens (tertiary/aromatic N) is 4. The standard InChI is InChI=1S/C28H25N5O4/c1-17-23-20(16-21(18-8-4-3-5-9-18)29-26(23)32(2)31-17)27(34)30-24-19-10-6-7-11-22(19)37-25(24)28(35)33-12-14-36-15-13-33/h3-11,16H,12-15H2,1-2H3,(H,30,34). The molecule has 5 aromatic rings. The van der Waals surface area contributed by atoms with E-state index in [1.165, 1.54) is 0 Å². The van der Waals surface area contributed by atoms with Crippen LogP contribution in [0.4, 0.5) is 5.69 Å². The summed E-state index contributed by atoms with van der Waals surface area (Å²) in [5, 5.41) is 8.82. The molecule has 3 aromatic heterocycles. The van der Waals surface area contributed by atoms with Gasteiger partial charge in [0.2, 0.25) is 5.76 Å². The molecule has 0 atom stereocenters. The molecule has 1 fully saturated rings. The molecule has 2 aromatic carbocycles. The molecule has 9 heteroatoms. The molecule has 0 radical (unpaired) electrons. The lowest BCUT2D eigenvalue weighted by Crippen LogP contribution is -2.40. The van der Waals surface area contributed by atoms with Gasteiger partial charge in [0.15, 0.2) is 5.65 Å². The Morgan fingerprint density at radius 1 is 1.00 bits per heavy atom. The summed E-state index contributed by atoms with van der Waals surface area (Å²) >= 11 is 0. The molecule has 0 saturated carbocycles. The number of nitrogens with one attached hydrogen (secondary N) is 1. The average Bonchev–Trinajstić information content (AvgIpc) is 3.45. The fourth-order valence-electron chi connectivity index (χ4n) is 4.79. The van der Waals surface area contributed by atoms with Gasteiger partial charge in [0.25, 0.3) is 11.8 Å². The van der Waals surface area contributed by atoms with Crippen molar-refractivity contribution in [2.24, 2.45) is 7.05 Å². The summed E-state index contributed by atoms with van der Waals surface area (Å²) < 4.78 is 13.0. The lowest BCUT2D eigenvalue weighted by Gasteiger charge is -2.26. The van der Waals surface area contributed by atoms with E-state index in [0.717, 1.165) is 5.56 Å². The normalized spacial score (nSPS) is 13.8. The molecule has 1 aliphatic rings. The summed E-state index contributed by atoms with van der Waals surface area (Å²) in [6, 6.07) is 18.7. The molecule has 0 unspecified atom stereocenters. The van der Waals surface area contributed by atoms with Gasteiger partial charge in [0.05, 0.1) is 35.6 Å². The molecule has 0 spiro atoms. The van der Waals surface area contributed by atoms with Crippen LogP contribution in [-0.4, -0.2) is 57.8 Å². The Morgan fingerprint density at radius 2 is 1.73 bits per heavy atom. The fourth-order valence-corrected chi connectivity index (χ4v) is 4.79. The van der Waals surface area contributed by atoms with Crippen LogP contribution in [0, 0.1) is 6.92 Å². The zero-order valence-electron chi connectivity index (χ0n) is 20.5. The van der Waals surface area contributed by atoms with E-state index in [0.29, 0.717) is 70.9 Å². The highest BCUT2D eigenvalue weighted by Crippen LogP contribution is 2.34. The molecular formula is C28H25N5O4. The second kappa shape index (κ2) is 9.18. The number of pyridine rings is 1. The van der Waals surface area contributed by atoms with E-state index in [9.17, 15) is 9.59 Å². The third-order valence-electron chi connectivity index (χ3n) is 6.61. The van der Waals surface area contributed by atoms with Crippen molar-refractivity contribution >= 4 is 39.5 Å². The first-order valence-electron chi connectivity index (χ1n) is 12.1. The van der Waals surface area contributed by atoms with Gasteiger partial charge in [-0.05, 0) is 25.1 Å². The quantitative estimate of drug-likeness (QED) is 0.396. The van der Waals surface area contributed by atoms with Crippen LogP contribution in [0.1, 0.15) is 26.6 Å². The smallest absolute Gasteiger partial charge is 0.291 e. The summed E-state index contributed by atoms with van der Waals surface area (Å²) in [4.78, 5) is 33.8. The summed E-state index contributed by atoms with van der Waals surface area (Å²) in [7, 11) is 1.81. The van der Waals surface area contributed by atoms with Gasteiger partial charge in [0.1, 0.15) is 11.3 Å².